The molecule has 4 aromatic rings. The summed E-state index contributed by atoms with van der Waals surface area (Å²) in [6, 6.07) is 5.97. The zero-order chi connectivity index (χ0) is 32.2. The molecule has 14 heteroatoms. The lowest BCUT2D eigenvalue weighted by Crippen LogP contribution is -2.09. The molecule has 0 saturated heterocycles. The first-order valence-electron chi connectivity index (χ1n) is 14.5. The van der Waals surface area contributed by atoms with Crippen molar-refractivity contribution < 1.29 is 48.8 Å². The third-order valence-electron chi connectivity index (χ3n) is 6.27. The maximum Gasteiger partial charge on any atom is 0.142 e. The predicted molar refractivity (Wildman–Crippen MR) is 180 cm³/mol. The second-order valence-corrected chi connectivity index (χ2v) is 14.2. The maximum absolute atomic E-state index is 9.54. The first-order valence-corrected chi connectivity index (χ1v) is 17.8. The van der Waals surface area contributed by atoms with Crippen LogP contribution in [-0.2, 0) is 9.47 Å². The Hall–Kier alpha value is -2.24. The standard InChI is InChI=1S/C31H40O10S4/c1-19-16-23(38-10-6-34)30(42-19)28-20(2)27(41-15-13-37-9-5-33)31(45-28)26-18-24(39-11-7-35)29(44-26)25-17-22(21(3)43-25)40-14-12-36-8-4-32/h16-18,32-35H,4-15H2,1-3H3. The number of ether oxygens (including phenoxy) is 6. The Labute approximate surface area is 278 Å². The predicted octanol–water partition coefficient (Wildman–Crippen LogP) is 5.38. The highest BCUT2D eigenvalue weighted by atomic mass is 32.1. The van der Waals surface area contributed by atoms with Crippen molar-refractivity contribution in [3.63, 3.8) is 0 Å². The third-order valence-corrected chi connectivity index (χ3v) is 11.2. The van der Waals surface area contributed by atoms with E-state index >= 15 is 0 Å². The fourth-order valence-electron chi connectivity index (χ4n) is 4.35. The molecule has 0 atom stereocenters. The van der Waals surface area contributed by atoms with Gasteiger partial charge in [0.05, 0.1) is 82.1 Å². The van der Waals surface area contributed by atoms with Crippen LogP contribution < -0.4 is 18.9 Å². The lowest BCUT2D eigenvalue weighted by atomic mass is 10.2. The van der Waals surface area contributed by atoms with Gasteiger partial charge in [0.15, 0.2) is 0 Å². The third kappa shape index (κ3) is 9.41. The lowest BCUT2D eigenvalue weighted by Gasteiger charge is -2.09. The SMILES string of the molecule is Cc1cc(OCCO)c(-c2sc(-c3cc(OCCO)c(-c4cc(OCCOCCO)c(C)s4)s3)c(OCCOCCO)c2C)s1. The van der Waals surface area contributed by atoms with Crippen LogP contribution in [0.1, 0.15) is 15.3 Å². The average molecular weight is 701 g/mol. The Morgan fingerprint density at radius 3 is 1.69 bits per heavy atom. The van der Waals surface area contributed by atoms with Crippen molar-refractivity contribution in [1.82, 2.24) is 0 Å². The summed E-state index contributed by atoms with van der Waals surface area (Å²) in [6.07, 6.45) is 0. The van der Waals surface area contributed by atoms with Gasteiger partial charge in [0.1, 0.15) is 49.4 Å². The molecule has 0 radical (unpaired) electrons. The van der Waals surface area contributed by atoms with Crippen molar-refractivity contribution in [2.24, 2.45) is 0 Å². The highest BCUT2D eigenvalue weighted by Gasteiger charge is 2.26. The minimum atomic E-state index is -0.116. The van der Waals surface area contributed by atoms with Gasteiger partial charge >= 0.3 is 0 Å². The van der Waals surface area contributed by atoms with Crippen LogP contribution in [0.15, 0.2) is 18.2 Å². The molecule has 0 aromatic carbocycles. The molecule has 0 aliphatic heterocycles. The Morgan fingerprint density at radius 1 is 0.489 bits per heavy atom. The second kappa shape index (κ2) is 18.2. The number of aryl methyl sites for hydroxylation is 2. The zero-order valence-corrected chi connectivity index (χ0v) is 28.9. The molecule has 0 aliphatic rings. The van der Waals surface area contributed by atoms with Gasteiger partial charge in [-0.2, -0.15) is 0 Å². The van der Waals surface area contributed by atoms with Crippen LogP contribution in [0.2, 0.25) is 0 Å². The maximum atomic E-state index is 9.54. The van der Waals surface area contributed by atoms with Crippen molar-refractivity contribution >= 4 is 45.3 Å². The van der Waals surface area contributed by atoms with E-state index in [4.69, 9.17) is 38.6 Å². The molecule has 0 saturated carbocycles. The zero-order valence-electron chi connectivity index (χ0n) is 25.6. The molecule has 0 unspecified atom stereocenters. The van der Waals surface area contributed by atoms with Crippen molar-refractivity contribution in [2.75, 3.05) is 79.3 Å². The van der Waals surface area contributed by atoms with Gasteiger partial charge < -0.3 is 48.8 Å². The average Bonchev–Trinajstić information content (AvgIpc) is 3.79. The van der Waals surface area contributed by atoms with Gasteiger partial charge in [-0.25, -0.2) is 0 Å². The van der Waals surface area contributed by atoms with E-state index in [0.717, 1.165) is 61.8 Å². The molecular formula is C31H40O10S4. The van der Waals surface area contributed by atoms with Crippen LogP contribution in [0.5, 0.6) is 23.0 Å². The molecule has 4 heterocycles. The monoisotopic (exact) mass is 700 g/mol. The van der Waals surface area contributed by atoms with Gasteiger partial charge in [0, 0.05) is 27.5 Å². The van der Waals surface area contributed by atoms with E-state index in [1.807, 2.05) is 39.0 Å². The molecule has 45 heavy (non-hydrogen) atoms. The number of aliphatic hydroxyl groups is 4. The fraction of sp³-hybridized carbons (Fsp3) is 0.484. The summed E-state index contributed by atoms with van der Waals surface area (Å²) < 4.78 is 35.0. The van der Waals surface area contributed by atoms with E-state index in [1.54, 1.807) is 45.3 Å². The molecule has 0 aliphatic carbocycles. The summed E-state index contributed by atoms with van der Waals surface area (Å²) in [4.78, 5) is 7.87. The van der Waals surface area contributed by atoms with Crippen LogP contribution in [0.3, 0.4) is 0 Å². The van der Waals surface area contributed by atoms with Crippen LogP contribution in [0.4, 0.5) is 0 Å². The van der Waals surface area contributed by atoms with Crippen molar-refractivity contribution in [2.45, 2.75) is 20.8 Å². The van der Waals surface area contributed by atoms with Gasteiger partial charge in [-0.05, 0) is 26.8 Å². The summed E-state index contributed by atoms with van der Waals surface area (Å²) in [5, 5.41) is 36.9. The van der Waals surface area contributed by atoms with E-state index < -0.39 is 0 Å². The molecule has 4 rings (SSSR count). The minimum absolute atomic E-state index is 0.0277. The first kappa shape index (κ1) is 35.6. The van der Waals surface area contributed by atoms with Crippen molar-refractivity contribution in [3.8, 4) is 52.3 Å². The van der Waals surface area contributed by atoms with Crippen molar-refractivity contribution in [1.29, 1.82) is 0 Å². The Balaban J connectivity index is 1.72. The second-order valence-electron chi connectivity index (χ2n) is 9.61. The van der Waals surface area contributed by atoms with Crippen LogP contribution in [0.25, 0.3) is 29.3 Å². The van der Waals surface area contributed by atoms with Gasteiger partial charge in [0.2, 0.25) is 0 Å². The summed E-state index contributed by atoms with van der Waals surface area (Å²) in [7, 11) is 0. The molecule has 0 bridgehead atoms. The molecule has 10 nitrogen and oxygen atoms in total. The molecular weight excluding hydrogens is 661 g/mol. The van der Waals surface area contributed by atoms with E-state index in [0.29, 0.717) is 32.2 Å². The van der Waals surface area contributed by atoms with E-state index in [9.17, 15) is 10.2 Å². The highest BCUT2D eigenvalue weighted by Crippen LogP contribution is 2.55. The van der Waals surface area contributed by atoms with Gasteiger partial charge in [-0.3, -0.25) is 0 Å². The smallest absolute Gasteiger partial charge is 0.142 e. The molecule has 248 valence electrons. The van der Waals surface area contributed by atoms with Gasteiger partial charge in [-0.15, -0.1) is 45.3 Å². The van der Waals surface area contributed by atoms with Gasteiger partial charge in [0.25, 0.3) is 0 Å². The summed E-state index contributed by atoms with van der Waals surface area (Å²) >= 11 is 6.41. The number of hydrogen-bond acceptors (Lipinski definition) is 14. The first-order chi connectivity index (χ1) is 21.9. The topological polar surface area (TPSA) is 136 Å². The summed E-state index contributed by atoms with van der Waals surface area (Å²) in [5.41, 5.74) is 0.965. The van der Waals surface area contributed by atoms with E-state index in [2.05, 4.69) is 0 Å². The van der Waals surface area contributed by atoms with Crippen molar-refractivity contribution in [3.05, 3.63) is 33.5 Å². The minimum Gasteiger partial charge on any atom is -0.490 e. The Morgan fingerprint density at radius 2 is 1.04 bits per heavy atom. The number of thiophene rings is 4. The van der Waals surface area contributed by atoms with Crippen LogP contribution in [-0.4, -0.2) is 99.7 Å². The highest BCUT2D eigenvalue weighted by molar-refractivity contribution is 7.29. The van der Waals surface area contributed by atoms with Gasteiger partial charge in [-0.1, -0.05) is 0 Å². The van der Waals surface area contributed by atoms with Crippen LogP contribution >= 0.6 is 45.3 Å². The Kier molecular flexibility index (Phi) is 14.4. The number of hydrogen-bond donors (Lipinski definition) is 4. The number of aliphatic hydroxyl groups excluding tert-OH is 4. The molecule has 4 aromatic heterocycles. The molecule has 0 fully saturated rings. The molecule has 0 amide bonds. The molecule has 0 spiro atoms. The molecule has 4 N–H and O–H groups in total. The normalized spacial score (nSPS) is 11.4. The summed E-state index contributed by atoms with van der Waals surface area (Å²) in [6.45, 7) is 8.03. The Bertz CT molecular complexity index is 1470. The van der Waals surface area contributed by atoms with E-state index in [-0.39, 0.29) is 52.9 Å². The number of rotatable bonds is 21. The van der Waals surface area contributed by atoms with E-state index in [1.165, 1.54) is 0 Å². The van der Waals surface area contributed by atoms with Crippen LogP contribution in [0, 0.1) is 20.8 Å². The largest absolute Gasteiger partial charge is 0.490 e. The summed E-state index contributed by atoms with van der Waals surface area (Å²) in [5.74, 6) is 2.88. The fourth-order valence-corrected chi connectivity index (χ4v) is 9.02. The lowest BCUT2D eigenvalue weighted by molar-refractivity contribution is 0.0705. The quantitative estimate of drug-likeness (QED) is 0.0840.